The molecule has 1 aromatic heterocycles. The molecule has 2 heterocycles. The van der Waals surface area contributed by atoms with Crippen molar-refractivity contribution in [1.82, 2.24) is 9.97 Å². The van der Waals surface area contributed by atoms with Crippen molar-refractivity contribution < 1.29 is 0 Å². The zero-order chi connectivity index (χ0) is 6.10. The fraction of sp³-hybridized carbons (Fsp3) is 0. The van der Waals surface area contributed by atoms with Crippen molar-refractivity contribution in [3.05, 3.63) is 16.1 Å². The molecule has 0 aliphatic carbocycles. The second-order valence-electron chi connectivity index (χ2n) is 1.47. The Morgan fingerprint density at radius 1 is 1.33 bits per heavy atom. The Morgan fingerprint density at radius 2 is 2.22 bits per heavy atom. The van der Waals surface area contributed by atoms with Crippen LogP contribution < -0.4 is 0 Å². The zero-order valence-electron chi connectivity index (χ0n) is 4.41. The molecule has 0 saturated heterocycles. The topological polar surface area (TPSA) is 25.8 Å². The van der Waals surface area contributed by atoms with Gasteiger partial charge in [-0.2, -0.15) is 0 Å². The van der Waals surface area contributed by atoms with Crippen LogP contribution in [0, 0.1) is 3.70 Å². The monoisotopic (exact) mass is 250 g/mol. The van der Waals surface area contributed by atoms with E-state index in [2.05, 4.69) is 13.3 Å². The molecule has 0 aromatic carbocycles. The fourth-order valence-electron chi connectivity index (χ4n) is 0.569. The summed E-state index contributed by atoms with van der Waals surface area (Å²) in [6.07, 6.45) is 3.51. The first kappa shape index (κ1) is 5.79. The van der Waals surface area contributed by atoms with Gasteiger partial charge in [0.15, 0.2) is 0 Å². The highest BCUT2D eigenvalue weighted by Gasteiger charge is 2.06. The molecule has 0 bridgehead atoms. The van der Waals surface area contributed by atoms with E-state index in [0.717, 1.165) is 5.03 Å². The molecule has 4 heteroatoms. The second-order valence-corrected chi connectivity index (χ2v) is 5.44. The predicted molar refractivity (Wildman–Crippen MR) is 46.7 cm³/mol. The van der Waals surface area contributed by atoms with Gasteiger partial charge >= 0.3 is 0 Å². The molecule has 1 aliphatic heterocycles. The van der Waals surface area contributed by atoms with Crippen molar-refractivity contribution >= 4 is 35.8 Å². The van der Waals surface area contributed by atoms with Gasteiger partial charge < -0.3 is 0 Å². The van der Waals surface area contributed by atoms with E-state index in [0.29, 0.717) is 0 Å². The van der Waals surface area contributed by atoms with Crippen LogP contribution in [0.1, 0.15) is 0 Å². The molecule has 1 aromatic rings. The SMILES string of the molecule is C1=Ic2nccnc2S1. The minimum absolute atomic E-state index is 0.0868. The minimum Gasteiger partial charge on any atom is -0.246 e. The third-order valence-electron chi connectivity index (χ3n) is 0.927. The van der Waals surface area contributed by atoms with Gasteiger partial charge in [-0.1, -0.05) is 32.5 Å². The van der Waals surface area contributed by atoms with Gasteiger partial charge in [0, 0.05) is 15.7 Å². The van der Waals surface area contributed by atoms with Crippen molar-refractivity contribution in [3.8, 4) is 0 Å². The van der Waals surface area contributed by atoms with Crippen LogP contribution in [0.2, 0.25) is 0 Å². The van der Waals surface area contributed by atoms with Crippen molar-refractivity contribution in [2.45, 2.75) is 5.03 Å². The van der Waals surface area contributed by atoms with Gasteiger partial charge in [-0.3, -0.25) is 0 Å². The molecule has 1 aliphatic rings. The molecule has 46 valence electrons. The third kappa shape index (κ3) is 1.01. The van der Waals surface area contributed by atoms with Gasteiger partial charge in [-0.25, -0.2) is 9.97 Å². The lowest BCUT2D eigenvalue weighted by Gasteiger charge is -1.89. The van der Waals surface area contributed by atoms with Crippen LogP contribution in [0.5, 0.6) is 0 Å². The van der Waals surface area contributed by atoms with E-state index in [1.54, 1.807) is 24.2 Å². The summed E-state index contributed by atoms with van der Waals surface area (Å²) in [5.74, 6) is 0. The normalized spacial score (nSPS) is 14.7. The highest BCUT2D eigenvalue weighted by Crippen LogP contribution is 2.29. The quantitative estimate of drug-likeness (QED) is 0.652. The van der Waals surface area contributed by atoms with Gasteiger partial charge in [-0.05, 0) is 0 Å². The van der Waals surface area contributed by atoms with Crippen LogP contribution in [0.15, 0.2) is 17.4 Å². The molecule has 0 atom stereocenters. The number of hydrogen-bond acceptors (Lipinski definition) is 3. The van der Waals surface area contributed by atoms with Crippen LogP contribution in [-0.2, 0) is 0 Å². The van der Waals surface area contributed by atoms with Crippen LogP contribution in [0.25, 0.3) is 0 Å². The molecular weight excluding hydrogens is 247 g/mol. The van der Waals surface area contributed by atoms with E-state index in [1.165, 1.54) is 3.70 Å². The maximum absolute atomic E-state index is 4.19. The number of fused-ring (bicyclic) bond motifs is 1. The molecule has 0 N–H and O–H groups in total. The van der Waals surface area contributed by atoms with Crippen molar-refractivity contribution in [1.29, 1.82) is 0 Å². The number of halogens is 1. The Hall–Kier alpha value is 0.0300. The summed E-state index contributed by atoms with van der Waals surface area (Å²) < 4.78 is 3.45. The molecule has 0 spiro atoms. The zero-order valence-corrected chi connectivity index (χ0v) is 7.39. The molecule has 0 saturated carbocycles. The van der Waals surface area contributed by atoms with E-state index in [1.807, 2.05) is 0 Å². The molecular formula is C5H3IN2S. The fourth-order valence-corrected chi connectivity index (χ4v) is 4.29. The number of rotatable bonds is 0. The second kappa shape index (κ2) is 2.34. The molecule has 0 fully saturated rings. The van der Waals surface area contributed by atoms with Crippen molar-refractivity contribution in [2.75, 3.05) is 0 Å². The molecule has 0 amide bonds. The van der Waals surface area contributed by atoms with Crippen molar-refractivity contribution in [3.63, 3.8) is 0 Å². The lowest BCUT2D eigenvalue weighted by molar-refractivity contribution is 1.02. The first-order chi connectivity index (χ1) is 4.47. The summed E-state index contributed by atoms with van der Waals surface area (Å²) in [7, 11) is 0. The predicted octanol–water partition coefficient (Wildman–Crippen LogP) is 1.48. The molecule has 9 heavy (non-hydrogen) atoms. The van der Waals surface area contributed by atoms with E-state index >= 15 is 0 Å². The van der Waals surface area contributed by atoms with E-state index in [-0.39, 0.29) is 20.7 Å². The first-order valence-corrected chi connectivity index (χ1v) is 5.60. The summed E-state index contributed by atoms with van der Waals surface area (Å²) in [6.45, 7) is 0. The maximum atomic E-state index is 4.19. The van der Waals surface area contributed by atoms with Crippen LogP contribution >= 0.6 is 32.5 Å². The van der Waals surface area contributed by atoms with Crippen LogP contribution in [0.4, 0.5) is 0 Å². The largest absolute Gasteiger partial charge is 0.246 e. The van der Waals surface area contributed by atoms with E-state index in [4.69, 9.17) is 0 Å². The lowest BCUT2D eigenvalue weighted by atomic mass is 10.8. The van der Waals surface area contributed by atoms with Gasteiger partial charge in [-0.15, -0.1) is 0 Å². The average Bonchev–Trinajstić information content (AvgIpc) is 2.33. The lowest BCUT2D eigenvalue weighted by Crippen LogP contribution is -1.83. The number of thioether (sulfide) groups is 1. The number of aromatic nitrogens is 2. The summed E-state index contributed by atoms with van der Waals surface area (Å²) in [5.41, 5.74) is 0. The van der Waals surface area contributed by atoms with Gasteiger partial charge in [0.05, 0.1) is 0 Å². The Bertz CT molecular complexity index is 261. The number of nitrogens with zero attached hydrogens (tertiary/aromatic N) is 2. The standard InChI is InChI=1S/C5H3IN2S/c1-2-8-5-4(7-1)6-3-9-5/h1-3H. The molecule has 0 unspecified atom stereocenters. The van der Waals surface area contributed by atoms with Gasteiger partial charge in [0.25, 0.3) is 0 Å². The molecule has 2 nitrogen and oxygen atoms in total. The van der Waals surface area contributed by atoms with Crippen LogP contribution in [-0.4, -0.2) is 13.3 Å². The summed E-state index contributed by atoms with van der Waals surface area (Å²) in [5, 5.41) is 1.12. The Morgan fingerprint density at radius 3 is 3.11 bits per heavy atom. The van der Waals surface area contributed by atoms with Crippen molar-refractivity contribution in [2.24, 2.45) is 0 Å². The average molecular weight is 250 g/mol. The summed E-state index contributed by atoms with van der Waals surface area (Å²) in [6, 6.07) is 0. The molecule has 2 rings (SSSR count). The van der Waals surface area contributed by atoms with Gasteiger partial charge in [0.2, 0.25) is 0 Å². The highest BCUT2D eigenvalue weighted by atomic mass is 127. The first-order valence-electron chi connectivity index (χ1n) is 2.39. The Kier molecular flexibility index (Phi) is 1.50. The van der Waals surface area contributed by atoms with E-state index in [9.17, 15) is 0 Å². The Balaban J connectivity index is 2.63. The maximum Gasteiger partial charge on any atom is 0.132 e. The van der Waals surface area contributed by atoms with Gasteiger partial charge in [0.1, 0.15) is 8.73 Å². The third-order valence-corrected chi connectivity index (χ3v) is 4.90. The summed E-state index contributed by atoms with van der Waals surface area (Å²) >= 11 is 1.80. The van der Waals surface area contributed by atoms with Crippen LogP contribution in [0.3, 0.4) is 0 Å². The number of hydrogen-bond donors (Lipinski definition) is 0. The minimum atomic E-state index is 0.0868. The highest BCUT2D eigenvalue weighted by molar-refractivity contribution is 14.2. The Labute approximate surface area is 66.8 Å². The smallest absolute Gasteiger partial charge is 0.132 e. The summed E-state index contributed by atoms with van der Waals surface area (Å²) in [4.78, 5) is 8.35. The van der Waals surface area contributed by atoms with E-state index < -0.39 is 0 Å². The molecule has 0 radical (unpaired) electrons.